The number of rotatable bonds is 5. The highest BCUT2D eigenvalue weighted by atomic mass is 32.2. The van der Waals surface area contributed by atoms with Gasteiger partial charge in [0.05, 0.1) is 4.90 Å². The normalized spacial score (nSPS) is 10.8. The van der Waals surface area contributed by atoms with Crippen LogP contribution in [0.5, 0.6) is 0 Å². The van der Waals surface area contributed by atoms with Crippen LogP contribution in [-0.2, 0) is 10.0 Å². The van der Waals surface area contributed by atoms with Crippen molar-refractivity contribution in [1.82, 2.24) is 5.32 Å². The Bertz CT molecular complexity index is 1130. The summed E-state index contributed by atoms with van der Waals surface area (Å²) in [5, 5.41) is 5.46. The van der Waals surface area contributed by atoms with Crippen LogP contribution in [0.15, 0.2) is 83.8 Å². The number of thiocarbonyl (C=S) groups is 1. The first kappa shape index (κ1) is 20.3. The van der Waals surface area contributed by atoms with Gasteiger partial charge in [-0.15, -0.1) is 0 Å². The van der Waals surface area contributed by atoms with E-state index < -0.39 is 15.9 Å². The van der Waals surface area contributed by atoms with E-state index in [1.165, 1.54) is 18.2 Å². The molecule has 0 spiro atoms. The second kappa shape index (κ2) is 8.72. The molecule has 5 N–H and O–H groups in total. The van der Waals surface area contributed by atoms with Crippen LogP contribution in [0, 0.1) is 0 Å². The second-order valence-electron chi connectivity index (χ2n) is 6.03. The van der Waals surface area contributed by atoms with Crippen molar-refractivity contribution in [2.24, 2.45) is 0 Å². The van der Waals surface area contributed by atoms with Gasteiger partial charge >= 0.3 is 0 Å². The van der Waals surface area contributed by atoms with Crippen LogP contribution < -0.4 is 21.1 Å². The quantitative estimate of drug-likeness (QED) is 0.368. The number of nitrogen functional groups attached to an aromatic ring is 1. The van der Waals surface area contributed by atoms with Crippen LogP contribution in [0.2, 0.25) is 0 Å². The molecule has 3 aromatic rings. The zero-order valence-electron chi connectivity index (χ0n) is 15.1. The van der Waals surface area contributed by atoms with Gasteiger partial charge in [0.2, 0.25) is 0 Å². The zero-order valence-corrected chi connectivity index (χ0v) is 16.8. The molecule has 1 amide bonds. The lowest BCUT2D eigenvalue weighted by Crippen LogP contribution is -2.34. The Morgan fingerprint density at radius 2 is 1.55 bits per heavy atom. The Hall–Kier alpha value is -3.43. The van der Waals surface area contributed by atoms with E-state index in [4.69, 9.17) is 18.0 Å². The standard InChI is InChI=1S/C20H18N4O3S2/c21-15-6-4-5-14(13-15)19(25)23-20(28)22-16-9-11-18(12-10-16)29(26,27)24-17-7-2-1-3-8-17/h1-13,24H,21H2,(H2,22,23,25,28). The molecule has 7 nitrogen and oxygen atoms in total. The van der Waals surface area contributed by atoms with Gasteiger partial charge in [0.15, 0.2) is 5.11 Å². The van der Waals surface area contributed by atoms with Gasteiger partial charge in [0.25, 0.3) is 15.9 Å². The fourth-order valence-electron chi connectivity index (χ4n) is 2.46. The molecule has 0 fully saturated rings. The maximum Gasteiger partial charge on any atom is 0.261 e. The van der Waals surface area contributed by atoms with Gasteiger partial charge in [0.1, 0.15) is 0 Å². The van der Waals surface area contributed by atoms with Gasteiger partial charge in [-0.05, 0) is 66.8 Å². The monoisotopic (exact) mass is 426 g/mol. The van der Waals surface area contributed by atoms with Crippen LogP contribution in [-0.4, -0.2) is 19.4 Å². The first-order valence-electron chi connectivity index (χ1n) is 8.49. The molecule has 0 bridgehead atoms. The maximum absolute atomic E-state index is 12.4. The molecule has 9 heteroatoms. The van der Waals surface area contributed by atoms with Gasteiger partial charge < -0.3 is 11.1 Å². The lowest BCUT2D eigenvalue weighted by molar-refractivity contribution is 0.0977. The molecule has 0 aliphatic heterocycles. The van der Waals surface area contributed by atoms with Crippen LogP contribution in [0.3, 0.4) is 0 Å². The van der Waals surface area contributed by atoms with Crippen molar-refractivity contribution in [3.63, 3.8) is 0 Å². The van der Waals surface area contributed by atoms with E-state index in [2.05, 4.69) is 15.4 Å². The van der Waals surface area contributed by atoms with Gasteiger partial charge in [-0.2, -0.15) is 0 Å². The van der Waals surface area contributed by atoms with Crippen molar-refractivity contribution < 1.29 is 13.2 Å². The minimum atomic E-state index is -3.71. The molecule has 0 unspecified atom stereocenters. The van der Waals surface area contributed by atoms with E-state index in [1.54, 1.807) is 60.7 Å². The van der Waals surface area contributed by atoms with E-state index >= 15 is 0 Å². The molecule has 3 aromatic carbocycles. The number of carbonyl (C=O) groups excluding carboxylic acids is 1. The number of sulfonamides is 1. The number of nitrogens with one attached hydrogen (secondary N) is 3. The Morgan fingerprint density at radius 1 is 0.862 bits per heavy atom. The average Bonchev–Trinajstić information content (AvgIpc) is 2.68. The molecule has 0 atom stereocenters. The molecule has 0 aromatic heterocycles. The van der Waals surface area contributed by atoms with E-state index in [0.717, 1.165) is 0 Å². The van der Waals surface area contributed by atoms with Crippen molar-refractivity contribution in [2.45, 2.75) is 4.90 Å². The van der Waals surface area contributed by atoms with Gasteiger partial charge in [-0.3, -0.25) is 14.8 Å². The van der Waals surface area contributed by atoms with Crippen LogP contribution >= 0.6 is 12.2 Å². The van der Waals surface area contributed by atoms with Crippen LogP contribution in [0.4, 0.5) is 17.1 Å². The second-order valence-corrected chi connectivity index (χ2v) is 8.12. The number of hydrogen-bond acceptors (Lipinski definition) is 5. The largest absolute Gasteiger partial charge is 0.399 e. The summed E-state index contributed by atoms with van der Waals surface area (Å²) < 4.78 is 27.4. The molecule has 0 saturated carbocycles. The minimum absolute atomic E-state index is 0.0791. The highest BCUT2D eigenvalue weighted by Crippen LogP contribution is 2.18. The molecule has 0 saturated heterocycles. The van der Waals surface area contributed by atoms with E-state index in [-0.39, 0.29) is 10.0 Å². The van der Waals surface area contributed by atoms with E-state index in [0.29, 0.717) is 22.6 Å². The van der Waals surface area contributed by atoms with E-state index in [1.807, 2.05) is 0 Å². The van der Waals surface area contributed by atoms with Crippen LogP contribution in [0.1, 0.15) is 10.4 Å². The van der Waals surface area contributed by atoms with Gasteiger partial charge in [-0.1, -0.05) is 24.3 Å². The fraction of sp³-hybridized carbons (Fsp3) is 0. The summed E-state index contributed by atoms with van der Waals surface area (Å²) in [6, 6.07) is 21.1. The zero-order chi connectivity index (χ0) is 20.9. The molecule has 0 aliphatic carbocycles. The predicted octanol–water partition coefficient (Wildman–Crippen LogP) is 3.20. The topological polar surface area (TPSA) is 113 Å². The van der Waals surface area contributed by atoms with E-state index in [9.17, 15) is 13.2 Å². The predicted molar refractivity (Wildman–Crippen MR) is 118 cm³/mol. The number of hydrogen-bond donors (Lipinski definition) is 4. The molecule has 148 valence electrons. The lowest BCUT2D eigenvalue weighted by Gasteiger charge is -2.11. The molecule has 0 aliphatic rings. The molecule has 3 rings (SSSR count). The van der Waals surface area contributed by atoms with Crippen LogP contribution in [0.25, 0.3) is 0 Å². The molecule has 0 radical (unpaired) electrons. The lowest BCUT2D eigenvalue weighted by atomic mass is 10.2. The van der Waals surface area contributed by atoms with Crippen molar-refractivity contribution in [2.75, 3.05) is 15.8 Å². The summed E-state index contributed by atoms with van der Waals surface area (Å²) in [6.07, 6.45) is 0. The molecule has 0 heterocycles. The molecular formula is C20H18N4O3S2. The summed E-state index contributed by atoms with van der Waals surface area (Å²) >= 11 is 5.13. The average molecular weight is 427 g/mol. The molecular weight excluding hydrogens is 408 g/mol. The highest BCUT2D eigenvalue weighted by Gasteiger charge is 2.14. The SMILES string of the molecule is Nc1cccc(C(=O)NC(=S)Nc2ccc(S(=O)(=O)Nc3ccccc3)cc2)c1. The summed E-state index contributed by atoms with van der Waals surface area (Å²) in [4.78, 5) is 12.3. The van der Waals surface area contributed by atoms with Crippen molar-refractivity contribution >= 4 is 50.3 Å². The Labute approximate surface area is 174 Å². The minimum Gasteiger partial charge on any atom is -0.399 e. The third kappa shape index (κ3) is 5.53. The Morgan fingerprint density at radius 3 is 2.21 bits per heavy atom. The number of amides is 1. The first-order chi connectivity index (χ1) is 13.8. The number of benzene rings is 3. The highest BCUT2D eigenvalue weighted by molar-refractivity contribution is 7.92. The van der Waals surface area contributed by atoms with Gasteiger partial charge in [-0.25, -0.2) is 8.42 Å². The van der Waals surface area contributed by atoms with Gasteiger partial charge in [0, 0.05) is 22.6 Å². The van der Waals surface area contributed by atoms with Crippen molar-refractivity contribution in [3.05, 3.63) is 84.4 Å². The summed E-state index contributed by atoms with van der Waals surface area (Å²) in [6.45, 7) is 0. The third-order valence-corrected chi connectivity index (χ3v) is 5.43. The number of nitrogens with two attached hydrogens (primary N) is 1. The summed E-state index contributed by atoms with van der Waals surface area (Å²) in [5.74, 6) is -0.402. The Kier molecular flexibility index (Phi) is 6.10. The van der Waals surface area contributed by atoms with Crippen molar-refractivity contribution in [1.29, 1.82) is 0 Å². The number of anilines is 3. The third-order valence-electron chi connectivity index (χ3n) is 3.82. The first-order valence-corrected chi connectivity index (χ1v) is 10.4. The Balaban J connectivity index is 1.62. The maximum atomic E-state index is 12.4. The number of carbonyl (C=O) groups is 1. The smallest absolute Gasteiger partial charge is 0.261 e. The molecule has 29 heavy (non-hydrogen) atoms. The fourth-order valence-corrected chi connectivity index (χ4v) is 3.72. The summed E-state index contributed by atoms with van der Waals surface area (Å²) in [5.41, 5.74) is 7.51. The summed E-state index contributed by atoms with van der Waals surface area (Å²) in [7, 11) is -3.71. The van der Waals surface area contributed by atoms with Crippen molar-refractivity contribution in [3.8, 4) is 0 Å². The number of para-hydroxylation sites is 1.